The van der Waals surface area contributed by atoms with E-state index in [1.165, 1.54) is 6.08 Å². The second kappa shape index (κ2) is 9.40. The fraction of sp³-hybridized carbons (Fsp3) is 0.524. The van der Waals surface area contributed by atoms with Crippen LogP contribution in [0.25, 0.3) is 0 Å². The molecule has 1 amide bonds. The maximum Gasteiger partial charge on any atom is 0.306 e. The maximum atomic E-state index is 12.1. The predicted octanol–water partition coefficient (Wildman–Crippen LogP) is 4.40. The number of allylic oxidation sites excluding steroid dienone is 1. The summed E-state index contributed by atoms with van der Waals surface area (Å²) in [5.41, 5.74) is 0.486. The largest absolute Gasteiger partial charge is 0.461 e. The molecule has 0 fully saturated rings. The van der Waals surface area contributed by atoms with Gasteiger partial charge in [0.15, 0.2) is 0 Å². The molecule has 0 saturated heterocycles. The second-order valence-corrected chi connectivity index (χ2v) is 7.86. The Hall–Kier alpha value is -2.10. The minimum absolute atomic E-state index is 0.0902. The van der Waals surface area contributed by atoms with Crippen molar-refractivity contribution in [2.45, 2.75) is 66.0 Å². The molecule has 0 saturated carbocycles. The Bertz CT molecular complexity index is 588. The fourth-order valence-electron chi connectivity index (χ4n) is 2.51. The van der Waals surface area contributed by atoms with E-state index in [0.29, 0.717) is 13.0 Å². The standard InChI is InChI=1S/C21H31NO3/c1-6-10-18(23)22-21(4,5)14-13-20(2,3)15-19(24)25-16-17-11-8-7-9-12-17/h6-12H,13-16H2,1-5H3,(H,22,23). The molecule has 1 N–H and O–H groups in total. The molecule has 1 rings (SSSR count). The molecule has 0 spiro atoms. The molecule has 0 aliphatic heterocycles. The van der Waals surface area contributed by atoms with E-state index in [0.717, 1.165) is 18.4 Å². The summed E-state index contributed by atoms with van der Waals surface area (Å²) >= 11 is 0. The van der Waals surface area contributed by atoms with Crippen molar-refractivity contribution in [2.24, 2.45) is 5.41 Å². The molecule has 0 atom stereocenters. The number of carbonyl (C=O) groups excluding carboxylic acids is 2. The van der Waals surface area contributed by atoms with E-state index in [4.69, 9.17) is 4.74 Å². The molecule has 25 heavy (non-hydrogen) atoms. The van der Waals surface area contributed by atoms with Crippen molar-refractivity contribution in [2.75, 3.05) is 0 Å². The van der Waals surface area contributed by atoms with Crippen LogP contribution in [0.1, 0.15) is 59.4 Å². The Balaban J connectivity index is 2.43. The number of nitrogens with one attached hydrogen (secondary N) is 1. The number of amides is 1. The van der Waals surface area contributed by atoms with Crippen LogP contribution in [-0.2, 0) is 20.9 Å². The van der Waals surface area contributed by atoms with E-state index in [1.54, 1.807) is 6.08 Å². The topological polar surface area (TPSA) is 55.4 Å². The zero-order chi connectivity index (χ0) is 18.9. The van der Waals surface area contributed by atoms with Crippen LogP contribution in [0.4, 0.5) is 0 Å². The van der Waals surface area contributed by atoms with Crippen LogP contribution in [0, 0.1) is 5.41 Å². The van der Waals surface area contributed by atoms with Crippen molar-refractivity contribution in [3.8, 4) is 0 Å². The summed E-state index contributed by atoms with van der Waals surface area (Å²) in [7, 11) is 0. The van der Waals surface area contributed by atoms with Crippen LogP contribution in [0.5, 0.6) is 0 Å². The van der Waals surface area contributed by atoms with Gasteiger partial charge in [0.05, 0.1) is 6.42 Å². The third kappa shape index (κ3) is 9.08. The number of carbonyl (C=O) groups is 2. The average Bonchev–Trinajstić information content (AvgIpc) is 2.52. The molecular weight excluding hydrogens is 314 g/mol. The van der Waals surface area contributed by atoms with Gasteiger partial charge in [0.25, 0.3) is 0 Å². The van der Waals surface area contributed by atoms with Crippen LogP contribution >= 0.6 is 0 Å². The van der Waals surface area contributed by atoms with Crippen molar-refractivity contribution < 1.29 is 14.3 Å². The van der Waals surface area contributed by atoms with E-state index in [1.807, 2.05) is 51.1 Å². The third-order valence-corrected chi connectivity index (χ3v) is 4.07. The molecular formula is C21H31NO3. The Kier molecular flexibility index (Phi) is 7.88. The molecule has 0 radical (unpaired) electrons. The van der Waals surface area contributed by atoms with Gasteiger partial charge in [0.2, 0.25) is 5.91 Å². The molecule has 1 aromatic rings. The van der Waals surface area contributed by atoms with Gasteiger partial charge >= 0.3 is 5.97 Å². The molecule has 4 nitrogen and oxygen atoms in total. The minimum Gasteiger partial charge on any atom is -0.461 e. The summed E-state index contributed by atoms with van der Waals surface area (Å²) in [5.74, 6) is -0.280. The number of ether oxygens (including phenoxy) is 1. The highest BCUT2D eigenvalue weighted by molar-refractivity contribution is 5.87. The monoisotopic (exact) mass is 345 g/mol. The zero-order valence-electron chi connectivity index (χ0n) is 16.1. The molecule has 0 bridgehead atoms. The van der Waals surface area contributed by atoms with Crippen LogP contribution in [0.15, 0.2) is 42.5 Å². The summed E-state index contributed by atoms with van der Waals surface area (Å²) in [4.78, 5) is 23.8. The molecule has 0 heterocycles. The highest BCUT2D eigenvalue weighted by Gasteiger charge is 2.27. The van der Waals surface area contributed by atoms with Gasteiger partial charge in [-0.25, -0.2) is 0 Å². The van der Waals surface area contributed by atoms with Gasteiger partial charge in [-0.05, 0) is 50.7 Å². The fourth-order valence-corrected chi connectivity index (χ4v) is 2.51. The van der Waals surface area contributed by atoms with E-state index in [9.17, 15) is 9.59 Å². The lowest BCUT2D eigenvalue weighted by Crippen LogP contribution is -2.43. The smallest absolute Gasteiger partial charge is 0.306 e. The Morgan fingerprint density at radius 1 is 1.08 bits per heavy atom. The first-order chi connectivity index (χ1) is 11.6. The van der Waals surface area contributed by atoms with Gasteiger partial charge in [0, 0.05) is 5.54 Å². The Morgan fingerprint density at radius 2 is 1.72 bits per heavy atom. The second-order valence-electron chi connectivity index (χ2n) is 7.86. The number of benzene rings is 1. The van der Waals surface area contributed by atoms with Crippen molar-refractivity contribution in [1.29, 1.82) is 0 Å². The maximum absolute atomic E-state index is 12.1. The number of rotatable bonds is 9. The summed E-state index contributed by atoms with van der Waals surface area (Å²) in [6, 6.07) is 9.67. The summed E-state index contributed by atoms with van der Waals surface area (Å²) in [5, 5.41) is 2.99. The predicted molar refractivity (Wildman–Crippen MR) is 101 cm³/mol. The SMILES string of the molecule is CC=CC(=O)NC(C)(C)CCC(C)(C)CC(=O)OCc1ccccc1. The van der Waals surface area contributed by atoms with Gasteiger partial charge in [-0.3, -0.25) is 9.59 Å². The van der Waals surface area contributed by atoms with E-state index in [2.05, 4.69) is 19.2 Å². The van der Waals surface area contributed by atoms with Crippen LogP contribution < -0.4 is 5.32 Å². The molecule has 0 aliphatic carbocycles. The van der Waals surface area contributed by atoms with E-state index >= 15 is 0 Å². The van der Waals surface area contributed by atoms with Crippen molar-refractivity contribution in [1.82, 2.24) is 5.32 Å². The Labute approximate surface area is 151 Å². The van der Waals surface area contributed by atoms with Gasteiger partial charge < -0.3 is 10.1 Å². The van der Waals surface area contributed by atoms with Crippen LogP contribution in [-0.4, -0.2) is 17.4 Å². The molecule has 0 aromatic heterocycles. The van der Waals surface area contributed by atoms with Gasteiger partial charge in [0.1, 0.15) is 6.61 Å². The van der Waals surface area contributed by atoms with E-state index in [-0.39, 0.29) is 22.8 Å². The lowest BCUT2D eigenvalue weighted by atomic mass is 9.80. The molecule has 0 aliphatic rings. The molecule has 0 unspecified atom stereocenters. The highest BCUT2D eigenvalue weighted by Crippen LogP contribution is 2.30. The van der Waals surface area contributed by atoms with Crippen molar-refractivity contribution >= 4 is 11.9 Å². The minimum atomic E-state index is -0.318. The van der Waals surface area contributed by atoms with Crippen molar-refractivity contribution in [3.05, 3.63) is 48.0 Å². The third-order valence-electron chi connectivity index (χ3n) is 4.07. The lowest BCUT2D eigenvalue weighted by Gasteiger charge is -2.31. The van der Waals surface area contributed by atoms with E-state index < -0.39 is 0 Å². The summed E-state index contributed by atoms with van der Waals surface area (Å²) in [6.45, 7) is 10.2. The average molecular weight is 345 g/mol. The van der Waals surface area contributed by atoms with Crippen LogP contribution in [0.3, 0.4) is 0 Å². The quantitative estimate of drug-likeness (QED) is 0.533. The Morgan fingerprint density at radius 3 is 2.32 bits per heavy atom. The zero-order valence-corrected chi connectivity index (χ0v) is 16.1. The van der Waals surface area contributed by atoms with Gasteiger partial charge in [-0.15, -0.1) is 0 Å². The number of hydrogen-bond acceptors (Lipinski definition) is 3. The summed E-state index contributed by atoms with van der Waals surface area (Å²) in [6.07, 6.45) is 5.20. The van der Waals surface area contributed by atoms with Crippen LogP contribution in [0.2, 0.25) is 0 Å². The van der Waals surface area contributed by atoms with Gasteiger partial charge in [-0.2, -0.15) is 0 Å². The van der Waals surface area contributed by atoms with Gasteiger partial charge in [-0.1, -0.05) is 50.3 Å². The lowest BCUT2D eigenvalue weighted by molar-refractivity contribution is -0.147. The molecule has 138 valence electrons. The highest BCUT2D eigenvalue weighted by atomic mass is 16.5. The normalized spacial score (nSPS) is 12.2. The summed E-state index contributed by atoms with van der Waals surface area (Å²) < 4.78 is 5.37. The van der Waals surface area contributed by atoms with Crippen molar-refractivity contribution in [3.63, 3.8) is 0 Å². The number of esters is 1. The first kappa shape index (κ1) is 20.9. The molecule has 4 heteroatoms. The first-order valence-electron chi connectivity index (χ1n) is 8.78. The number of hydrogen-bond donors (Lipinski definition) is 1. The molecule has 1 aromatic carbocycles. The first-order valence-corrected chi connectivity index (χ1v) is 8.78.